The van der Waals surface area contributed by atoms with Crippen LogP contribution in [-0.4, -0.2) is 37.1 Å². The molecule has 0 amide bonds. The molecule has 1 unspecified atom stereocenters. The molecule has 0 spiro atoms. The number of piperidine rings is 1. The fourth-order valence-corrected chi connectivity index (χ4v) is 2.12. The first kappa shape index (κ1) is 9.95. The molecule has 14 heavy (non-hydrogen) atoms. The summed E-state index contributed by atoms with van der Waals surface area (Å²) in [6.07, 6.45) is 5.36. The van der Waals surface area contributed by atoms with Crippen molar-refractivity contribution in [2.75, 3.05) is 26.2 Å². The molecule has 2 rings (SSSR count). The fraction of sp³-hybridized carbons (Fsp3) is 0.909. The van der Waals surface area contributed by atoms with E-state index in [0.717, 1.165) is 19.0 Å². The van der Waals surface area contributed by atoms with Gasteiger partial charge in [-0.1, -0.05) is 0 Å². The van der Waals surface area contributed by atoms with Crippen molar-refractivity contribution in [2.45, 2.75) is 31.7 Å². The van der Waals surface area contributed by atoms with Gasteiger partial charge >= 0.3 is 0 Å². The molecular formula is C11H19N3. The van der Waals surface area contributed by atoms with Crippen LogP contribution in [0.2, 0.25) is 0 Å². The summed E-state index contributed by atoms with van der Waals surface area (Å²) in [4.78, 5) is 2.26. The van der Waals surface area contributed by atoms with E-state index in [-0.39, 0.29) is 0 Å². The number of rotatable bonds is 4. The van der Waals surface area contributed by atoms with Crippen molar-refractivity contribution >= 4 is 0 Å². The Kier molecular flexibility index (Phi) is 3.39. The molecule has 0 aromatic rings. The molecule has 0 radical (unpaired) electrons. The second-order valence-corrected chi connectivity index (χ2v) is 4.58. The second-order valence-electron chi connectivity index (χ2n) is 4.58. The van der Waals surface area contributed by atoms with Crippen molar-refractivity contribution in [3.05, 3.63) is 0 Å². The van der Waals surface area contributed by atoms with Crippen LogP contribution in [0.5, 0.6) is 0 Å². The van der Waals surface area contributed by atoms with Crippen LogP contribution in [0.25, 0.3) is 0 Å². The minimum atomic E-state index is 0.599. The monoisotopic (exact) mass is 193 g/mol. The molecule has 1 aliphatic heterocycles. The van der Waals surface area contributed by atoms with E-state index in [0.29, 0.717) is 12.6 Å². The Labute approximate surface area is 86.1 Å². The van der Waals surface area contributed by atoms with E-state index in [1.54, 1.807) is 0 Å². The number of nitrogens with one attached hydrogen (secondary N) is 1. The predicted octanol–water partition coefficient (Wildman–Crippen LogP) is 0.974. The van der Waals surface area contributed by atoms with Gasteiger partial charge in [0.2, 0.25) is 0 Å². The van der Waals surface area contributed by atoms with Crippen molar-refractivity contribution in [3.8, 4) is 6.07 Å². The quantitative estimate of drug-likeness (QED) is 0.676. The van der Waals surface area contributed by atoms with Crippen molar-refractivity contribution in [3.63, 3.8) is 0 Å². The van der Waals surface area contributed by atoms with Gasteiger partial charge in [0.25, 0.3) is 0 Å². The van der Waals surface area contributed by atoms with Gasteiger partial charge < -0.3 is 5.32 Å². The minimum Gasteiger partial charge on any atom is -0.312 e. The largest absolute Gasteiger partial charge is 0.312 e. The summed E-state index contributed by atoms with van der Waals surface area (Å²) in [5, 5.41) is 12.2. The molecule has 1 N–H and O–H groups in total. The zero-order chi connectivity index (χ0) is 9.80. The molecule has 3 heteroatoms. The van der Waals surface area contributed by atoms with Crippen LogP contribution in [0.3, 0.4) is 0 Å². The third-order valence-electron chi connectivity index (χ3n) is 3.19. The highest BCUT2D eigenvalue weighted by Gasteiger charge is 2.24. The first-order valence-corrected chi connectivity index (χ1v) is 5.71. The van der Waals surface area contributed by atoms with E-state index in [2.05, 4.69) is 16.3 Å². The molecule has 1 saturated carbocycles. The van der Waals surface area contributed by atoms with Crippen LogP contribution >= 0.6 is 0 Å². The summed E-state index contributed by atoms with van der Waals surface area (Å²) in [6.45, 7) is 3.97. The lowest BCUT2D eigenvalue weighted by molar-refractivity contribution is 0.209. The molecule has 0 aromatic carbocycles. The van der Waals surface area contributed by atoms with Crippen LogP contribution in [0, 0.1) is 17.2 Å². The maximum atomic E-state index is 8.62. The smallest absolute Gasteiger partial charge is 0.0866 e. The normalized spacial score (nSPS) is 28.6. The van der Waals surface area contributed by atoms with E-state index in [1.807, 2.05) is 0 Å². The van der Waals surface area contributed by atoms with Gasteiger partial charge in [-0.3, -0.25) is 4.90 Å². The summed E-state index contributed by atoms with van der Waals surface area (Å²) < 4.78 is 0. The lowest BCUT2D eigenvalue weighted by Crippen LogP contribution is -2.46. The highest BCUT2D eigenvalue weighted by Crippen LogP contribution is 2.28. The van der Waals surface area contributed by atoms with Crippen molar-refractivity contribution < 1.29 is 0 Å². The second kappa shape index (κ2) is 4.77. The molecule has 0 aromatic heterocycles. The summed E-state index contributed by atoms with van der Waals surface area (Å²) in [7, 11) is 0. The molecule has 2 fully saturated rings. The van der Waals surface area contributed by atoms with Crippen molar-refractivity contribution in [1.29, 1.82) is 5.26 Å². The van der Waals surface area contributed by atoms with Crippen molar-refractivity contribution in [2.24, 2.45) is 5.92 Å². The standard InChI is InChI=1S/C11H19N3/c12-5-7-14-6-1-2-11(9-14)13-8-10-3-4-10/h10-11,13H,1-4,6-9H2. The molecule has 1 aliphatic carbocycles. The summed E-state index contributed by atoms with van der Waals surface area (Å²) in [5.74, 6) is 0.960. The number of hydrogen-bond donors (Lipinski definition) is 1. The topological polar surface area (TPSA) is 39.1 Å². The highest BCUT2D eigenvalue weighted by molar-refractivity contribution is 4.85. The molecule has 2 aliphatic rings. The van der Waals surface area contributed by atoms with Gasteiger partial charge in [0.05, 0.1) is 12.6 Å². The lowest BCUT2D eigenvalue weighted by Gasteiger charge is -2.31. The summed E-state index contributed by atoms with van der Waals surface area (Å²) in [5.41, 5.74) is 0. The Bertz CT molecular complexity index is 217. The van der Waals surface area contributed by atoms with E-state index < -0.39 is 0 Å². The molecule has 0 bridgehead atoms. The molecule has 1 saturated heterocycles. The van der Waals surface area contributed by atoms with Gasteiger partial charge in [0.15, 0.2) is 0 Å². The Balaban J connectivity index is 1.67. The zero-order valence-corrected chi connectivity index (χ0v) is 8.71. The average molecular weight is 193 g/mol. The van der Waals surface area contributed by atoms with Crippen molar-refractivity contribution in [1.82, 2.24) is 10.2 Å². The number of likely N-dealkylation sites (tertiary alicyclic amines) is 1. The van der Waals surface area contributed by atoms with E-state index >= 15 is 0 Å². The van der Waals surface area contributed by atoms with Crippen LogP contribution in [-0.2, 0) is 0 Å². The SMILES string of the molecule is N#CCN1CCCC(NCC2CC2)C1. The van der Waals surface area contributed by atoms with E-state index in [1.165, 1.54) is 32.2 Å². The maximum Gasteiger partial charge on any atom is 0.0866 e. The van der Waals surface area contributed by atoms with E-state index in [4.69, 9.17) is 5.26 Å². The first-order chi connectivity index (χ1) is 6.88. The number of nitriles is 1. The van der Waals surface area contributed by atoms with Gasteiger partial charge in [0.1, 0.15) is 0 Å². The van der Waals surface area contributed by atoms with Gasteiger partial charge in [-0.25, -0.2) is 0 Å². The highest BCUT2D eigenvalue weighted by atomic mass is 15.2. The third-order valence-corrected chi connectivity index (χ3v) is 3.19. The molecule has 78 valence electrons. The minimum absolute atomic E-state index is 0.599. The molecule has 1 atom stereocenters. The van der Waals surface area contributed by atoms with Crippen LogP contribution in [0.15, 0.2) is 0 Å². The summed E-state index contributed by atoms with van der Waals surface area (Å²) in [6, 6.07) is 2.87. The molecule has 1 heterocycles. The Morgan fingerprint density at radius 1 is 1.36 bits per heavy atom. The lowest BCUT2D eigenvalue weighted by atomic mass is 10.1. The number of nitrogens with zero attached hydrogens (tertiary/aromatic N) is 2. The molecule has 3 nitrogen and oxygen atoms in total. The molecular weight excluding hydrogens is 174 g/mol. The first-order valence-electron chi connectivity index (χ1n) is 5.71. The van der Waals surface area contributed by atoms with E-state index in [9.17, 15) is 0 Å². The van der Waals surface area contributed by atoms with Gasteiger partial charge in [-0.2, -0.15) is 5.26 Å². The predicted molar refractivity (Wildman–Crippen MR) is 55.8 cm³/mol. The Morgan fingerprint density at radius 3 is 2.93 bits per heavy atom. The maximum absolute atomic E-state index is 8.62. The Morgan fingerprint density at radius 2 is 2.21 bits per heavy atom. The van der Waals surface area contributed by atoms with Crippen LogP contribution in [0.1, 0.15) is 25.7 Å². The average Bonchev–Trinajstić information content (AvgIpc) is 2.99. The summed E-state index contributed by atoms with van der Waals surface area (Å²) >= 11 is 0. The third kappa shape index (κ3) is 2.97. The van der Waals surface area contributed by atoms with Gasteiger partial charge in [0, 0.05) is 12.6 Å². The van der Waals surface area contributed by atoms with Crippen LogP contribution < -0.4 is 5.32 Å². The van der Waals surface area contributed by atoms with Gasteiger partial charge in [-0.05, 0) is 44.7 Å². The van der Waals surface area contributed by atoms with Crippen LogP contribution in [0.4, 0.5) is 0 Å². The Hall–Kier alpha value is -0.590. The number of hydrogen-bond acceptors (Lipinski definition) is 3. The zero-order valence-electron chi connectivity index (χ0n) is 8.71. The fourth-order valence-electron chi connectivity index (χ4n) is 2.12. The van der Waals surface area contributed by atoms with Gasteiger partial charge in [-0.15, -0.1) is 0 Å².